The number of alkyl halides is 1. The summed E-state index contributed by atoms with van der Waals surface area (Å²) >= 11 is 3.16. The fraction of sp³-hybridized carbons (Fsp3) is 0.300. The number of rotatable bonds is 3. The van der Waals surface area contributed by atoms with E-state index in [1.807, 2.05) is 0 Å². The molecule has 0 aliphatic heterocycles. The Morgan fingerprint density at radius 3 is 3.07 bits per heavy atom. The first kappa shape index (κ1) is 5.16. The van der Waals surface area contributed by atoms with Gasteiger partial charge in [-0.15, -0.1) is 0 Å². The third-order valence-electron chi connectivity index (χ3n) is 1.65. The molecule has 0 saturated heterocycles. The van der Waals surface area contributed by atoms with Crippen LogP contribution in [0.15, 0.2) is 18.2 Å². The molecule has 0 heterocycles. The highest BCUT2D eigenvalue weighted by atomic mass is 79.9. The molecule has 0 radical (unpaired) electrons. The maximum atomic E-state index is 11.6. The lowest BCUT2D eigenvalue weighted by Gasteiger charge is -2.07. The van der Waals surface area contributed by atoms with Crippen molar-refractivity contribution in [2.45, 2.75) is 5.33 Å². The standard InChI is InChI=1S/C10H11BrO3/c1-13-9-5-7(10(12)14-2)3-4-8(9)6-11/h3-5H,6H2,1-2H3/i1D3,2D3. The van der Waals surface area contributed by atoms with Crippen molar-refractivity contribution in [1.29, 1.82) is 0 Å². The van der Waals surface area contributed by atoms with Crippen LogP contribution in [-0.2, 0) is 10.1 Å². The molecule has 3 nitrogen and oxygen atoms in total. The topological polar surface area (TPSA) is 35.5 Å². The van der Waals surface area contributed by atoms with Crippen LogP contribution in [0.1, 0.15) is 24.1 Å². The summed E-state index contributed by atoms with van der Waals surface area (Å²) in [7, 11) is -5.54. The highest BCUT2D eigenvalue weighted by Gasteiger charge is 2.09. The lowest BCUT2D eigenvalue weighted by Crippen LogP contribution is -2.02. The maximum Gasteiger partial charge on any atom is 0.337 e. The van der Waals surface area contributed by atoms with E-state index in [2.05, 4.69) is 20.7 Å². The van der Waals surface area contributed by atoms with Gasteiger partial charge in [-0.1, -0.05) is 22.0 Å². The van der Waals surface area contributed by atoms with Crippen molar-refractivity contribution >= 4 is 21.9 Å². The number of benzene rings is 1. The number of esters is 1. The van der Waals surface area contributed by atoms with Crippen molar-refractivity contribution in [3.05, 3.63) is 29.3 Å². The van der Waals surface area contributed by atoms with Gasteiger partial charge in [0.25, 0.3) is 0 Å². The Labute approximate surface area is 99.6 Å². The smallest absolute Gasteiger partial charge is 0.337 e. The first-order valence-corrected chi connectivity index (χ1v) is 4.75. The molecule has 0 spiro atoms. The summed E-state index contributed by atoms with van der Waals surface area (Å²) in [5.74, 6) is -1.12. The second-order valence-electron chi connectivity index (χ2n) is 2.45. The lowest BCUT2D eigenvalue weighted by atomic mass is 10.1. The zero-order valence-electron chi connectivity index (χ0n) is 13.0. The van der Waals surface area contributed by atoms with Crippen LogP contribution in [0.2, 0.25) is 0 Å². The summed E-state index contributed by atoms with van der Waals surface area (Å²) in [6, 6.07) is 3.92. The Balaban J connectivity index is 3.06. The number of halogens is 1. The first-order chi connectivity index (χ1) is 9.02. The molecule has 0 amide bonds. The van der Waals surface area contributed by atoms with Gasteiger partial charge in [0.1, 0.15) is 5.75 Å². The van der Waals surface area contributed by atoms with Gasteiger partial charge in [-0.2, -0.15) is 0 Å². The zero-order valence-corrected chi connectivity index (χ0v) is 8.63. The van der Waals surface area contributed by atoms with Gasteiger partial charge in [-0.05, 0) is 12.1 Å². The van der Waals surface area contributed by atoms with E-state index < -0.39 is 20.0 Å². The van der Waals surface area contributed by atoms with Crippen LogP contribution >= 0.6 is 15.9 Å². The van der Waals surface area contributed by atoms with E-state index in [9.17, 15) is 4.79 Å². The van der Waals surface area contributed by atoms with Crippen molar-refractivity contribution < 1.29 is 22.5 Å². The summed E-state index contributed by atoms with van der Waals surface area (Å²) in [6.45, 7) is 0. The molecular weight excluding hydrogens is 248 g/mol. The van der Waals surface area contributed by atoms with Crippen LogP contribution in [0, 0.1) is 0 Å². The molecule has 0 saturated carbocycles. The minimum atomic E-state index is -2.86. The number of hydrogen-bond acceptors (Lipinski definition) is 3. The molecule has 0 fully saturated rings. The fourth-order valence-electron chi connectivity index (χ4n) is 0.946. The second kappa shape index (κ2) is 5.00. The molecule has 1 aromatic carbocycles. The highest BCUT2D eigenvalue weighted by Crippen LogP contribution is 2.22. The molecule has 4 heteroatoms. The third-order valence-corrected chi connectivity index (χ3v) is 2.25. The third kappa shape index (κ3) is 2.26. The average Bonchev–Trinajstić information content (AvgIpc) is 2.24. The molecule has 0 N–H and O–H groups in total. The van der Waals surface area contributed by atoms with Gasteiger partial charge < -0.3 is 9.47 Å². The minimum absolute atomic E-state index is 0.0399. The second-order valence-corrected chi connectivity index (χ2v) is 3.01. The van der Waals surface area contributed by atoms with E-state index in [1.54, 1.807) is 0 Å². The Morgan fingerprint density at radius 2 is 2.43 bits per heavy atom. The van der Waals surface area contributed by atoms with E-state index in [1.165, 1.54) is 12.1 Å². The van der Waals surface area contributed by atoms with E-state index in [0.717, 1.165) is 6.07 Å². The van der Waals surface area contributed by atoms with Crippen molar-refractivity contribution in [2.75, 3.05) is 14.1 Å². The molecule has 1 rings (SSSR count). The molecule has 1 aromatic rings. The largest absolute Gasteiger partial charge is 0.496 e. The Morgan fingerprint density at radius 1 is 1.57 bits per heavy atom. The molecule has 0 aliphatic rings. The minimum Gasteiger partial charge on any atom is -0.496 e. The number of hydrogen-bond donors (Lipinski definition) is 0. The fourth-order valence-corrected chi connectivity index (χ4v) is 1.41. The van der Waals surface area contributed by atoms with Gasteiger partial charge in [0.05, 0.1) is 27.9 Å². The molecule has 0 atom stereocenters. The maximum absolute atomic E-state index is 11.6. The van der Waals surface area contributed by atoms with E-state index in [4.69, 9.17) is 13.0 Å². The van der Waals surface area contributed by atoms with Crippen molar-refractivity contribution in [2.24, 2.45) is 0 Å². The Kier molecular flexibility index (Phi) is 1.85. The van der Waals surface area contributed by atoms with Crippen LogP contribution in [0.4, 0.5) is 0 Å². The summed E-state index contributed by atoms with van der Waals surface area (Å²) in [5.41, 5.74) is 0.400. The van der Waals surface area contributed by atoms with E-state index in [-0.39, 0.29) is 11.3 Å². The molecule has 14 heavy (non-hydrogen) atoms. The summed E-state index contributed by atoms with van der Waals surface area (Å²) in [4.78, 5) is 11.6. The van der Waals surface area contributed by atoms with Crippen LogP contribution < -0.4 is 4.74 Å². The average molecular weight is 265 g/mol. The van der Waals surface area contributed by atoms with Crippen molar-refractivity contribution in [1.82, 2.24) is 0 Å². The van der Waals surface area contributed by atoms with Gasteiger partial charge >= 0.3 is 5.97 Å². The number of ether oxygens (including phenoxy) is 2. The van der Waals surface area contributed by atoms with E-state index >= 15 is 0 Å². The van der Waals surface area contributed by atoms with Gasteiger partial charge in [-0.3, -0.25) is 0 Å². The molecule has 0 aromatic heterocycles. The molecule has 76 valence electrons. The summed E-state index contributed by atoms with van der Waals surface area (Å²) in [5, 5.41) is 0.313. The normalized spacial score (nSPS) is 17.8. The summed E-state index contributed by atoms with van der Waals surface area (Å²) in [6.07, 6.45) is 0. The number of methoxy groups -OCH3 is 2. The predicted molar refractivity (Wildman–Crippen MR) is 57.0 cm³/mol. The van der Waals surface area contributed by atoms with Gasteiger partial charge in [0.2, 0.25) is 0 Å². The van der Waals surface area contributed by atoms with Crippen LogP contribution in [0.5, 0.6) is 5.75 Å². The summed E-state index contributed by atoms with van der Waals surface area (Å²) < 4.78 is 50.7. The van der Waals surface area contributed by atoms with Crippen LogP contribution in [0.3, 0.4) is 0 Å². The van der Waals surface area contributed by atoms with Crippen LogP contribution in [0.25, 0.3) is 0 Å². The van der Waals surface area contributed by atoms with E-state index in [0.29, 0.717) is 10.9 Å². The number of carbonyl (C=O) groups excluding carboxylic acids is 1. The van der Waals surface area contributed by atoms with Gasteiger partial charge in [0.15, 0.2) is 0 Å². The first-order valence-electron chi connectivity index (χ1n) is 6.63. The van der Waals surface area contributed by atoms with Gasteiger partial charge in [0, 0.05) is 10.9 Å². The molecular formula is C10H11BrO3. The van der Waals surface area contributed by atoms with Gasteiger partial charge in [-0.25, -0.2) is 4.79 Å². The lowest BCUT2D eigenvalue weighted by molar-refractivity contribution is 0.0600. The number of carbonyl (C=O) groups is 1. The molecule has 0 aliphatic carbocycles. The van der Waals surface area contributed by atoms with Crippen LogP contribution in [-0.4, -0.2) is 20.0 Å². The Bertz CT molecular complexity index is 497. The quantitative estimate of drug-likeness (QED) is 0.621. The zero-order chi connectivity index (χ0) is 15.6. The highest BCUT2D eigenvalue weighted by molar-refractivity contribution is 9.08. The SMILES string of the molecule is [2H]C([2H])([2H])OC(=O)c1ccc(CBr)c(OC([2H])([2H])[2H])c1. The Hall–Kier alpha value is -1.03. The monoisotopic (exact) mass is 264 g/mol. The molecule has 0 bridgehead atoms. The molecule has 0 unspecified atom stereocenters. The predicted octanol–water partition coefficient (Wildman–Crippen LogP) is 2.38. The van der Waals surface area contributed by atoms with Crippen molar-refractivity contribution in [3.8, 4) is 5.75 Å². The van der Waals surface area contributed by atoms with Crippen molar-refractivity contribution in [3.63, 3.8) is 0 Å².